The highest BCUT2D eigenvalue weighted by Gasteiger charge is 2.80. The van der Waals surface area contributed by atoms with Crippen molar-refractivity contribution in [1.29, 1.82) is 0 Å². The van der Waals surface area contributed by atoms with Gasteiger partial charge in [0.05, 0.1) is 18.5 Å². The number of carbonyl (C=O) groups is 1. The van der Waals surface area contributed by atoms with E-state index >= 15 is 0 Å². The third kappa shape index (κ3) is 2.74. The fourth-order valence-corrected chi connectivity index (χ4v) is 7.78. The monoisotopic (exact) mass is 513 g/mol. The molecule has 1 saturated carbocycles. The van der Waals surface area contributed by atoms with Gasteiger partial charge in [0.25, 0.3) is 0 Å². The Bertz CT molecular complexity index is 1090. The molecule has 6 rings (SSSR count). The van der Waals surface area contributed by atoms with Crippen molar-refractivity contribution in [2.45, 2.75) is 68.6 Å². The fraction of sp³-hybridized carbons (Fsp3) is 0.519. The number of phenolic OH excluding ortho intramolecular Hbond substituents is 1. The van der Waals surface area contributed by atoms with Gasteiger partial charge in [-0.3, -0.25) is 4.79 Å². The van der Waals surface area contributed by atoms with Crippen LogP contribution in [0.2, 0.25) is 0 Å². The average Bonchev–Trinajstić information content (AvgIpc) is 3.08. The summed E-state index contributed by atoms with van der Waals surface area (Å²) in [5.74, 6) is 0.808. The zero-order valence-electron chi connectivity index (χ0n) is 19.3. The second-order valence-electron chi connectivity index (χ2n) is 10.1. The van der Waals surface area contributed by atoms with E-state index in [0.717, 1.165) is 44.3 Å². The number of hydrogen-bond acceptors (Lipinski definition) is 4. The summed E-state index contributed by atoms with van der Waals surface area (Å²) in [6.45, 7) is 6.66. The molecule has 2 aliphatic carbocycles. The molecule has 176 valence electrons. The maximum absolute atomic E-state index is 13.4. The van der Waals surface area contributed by atoms with Crippen LogP contribution in [0.4, 0.5) is 0 Å². The molecule has 0 aromatic heterocycles. The molecule has 1 saturated heterocycles. The number of likely N-dealkylation sites (tertiary alicyclic amines) is 1. The third-order valence-corrected chi connectivity index (χ3v) is 9.03. The summed E-state index contributed by atoms with van der Waals surface area (Å²) >= 11 is 0. The van der Waals surface area contributed by atoms with Crippen LogP contribution in [0.1, 0.15) is 49.8 Å². The number of piperidine rings is 1. The van der Waals surface area contributed by atoms with Crippen molar-refractivity contribution in [2.75, 3.05) is 19.7 Å². The molecule has 6 heteroatoms. The second kappa shape index (κ2) is 7.82. The van der Waals surface area contributed by atoms with Gasteiger partial charge in [-0.1, -0.05) is 36.4 Å². The van der Waals surface area contributed by atoms with Gasteiger partial charge in [-0.15, -0.1) is 0 Å². The molecule has 2 aromatic carbocycles. The van der Waals surface area contributed by atoms with E-state index in [4.69, 9.17) is 9.47 Å². The van der Waals surface area contributed by atoms with Crippen LogP contribution in [0.25, 0.3) is 0 Å². The fourth-order valence-electron chi connectivity index (χ4n) is 7.78. The normalized spacial score (nSPS) is 35.4. The number of ketones is 1. The standard InChI is InChI=1S/C27H31NO4.BrH/c1-3-31-27-13-11-22(30)25(2)26(27)14-16-28(15-12-18-7-5-4-6-8-18)21(27)17-19-9-10-20(29)24(32-25)23(19)26;/h4-10,21,29H,3,11-17H2,1-2H3;1H/t21-,25+,26+,27-;/m1./s1. The maximum Gasteiger partial charge on any atom is 0.177 e. The number of phenols is 1. The molecule has 0 amide bonds. The van der Waals surface area contributed by atoms with Crippen LogP contribution in [0.15, 0.2) is 42.5 Å². The molecule has 2 N–H and O–H groups in total. The van der Waals surface area contributed by atoms with E-state index in [9.17, 15) is 9.90 Å². The lowest BCUT2D eigenvalue weighted by Gasteiger charge is -2.64. The summed E-state index contributed by atoms with van der Waals surface area (Å²) < 4.78 is 13.3. The number of halogens is 1. The molecule has 2 aromatic rings. The highest BCUT2D eigenvalue weighted by atomic mass is 79.9. The van der Waals surface area contributed by atoms with E-state index in [1.54, 1.807) is 11.0 Å². The molecule has 1 spiro atoms. The van der Waals surface area contributed by atoms with E-state index in [1.165, 1.54) is 11.1 Å². The van der Waals surface area contributed by atoms with Gasteiger partial charge in [0.1, 0.15) is 11.6 Å². The Morgan fingerprint density at radius 2 is 1.97 bits per heavy atom. The zero-order chi connectivity index (χ0) is 22.1. The number of rotatable bonds is 5. The molecule has 5 atom stereocenters. The number of nitrogens with one attached hydrogen (secondary N) is 1. The van der Waals surface area contributed by atoms with Crippen molar-refractivity contribution in [2.24, 2.45) is 0 Å². The number of aromatic hydroxyl groups is 1. The molecule has 2 fully saturated rings. The number of ether oxygens (including phenoxy) is 2. The number of quaternary nitrogens is 1. The summed E-state index contributed by atoms with van der Waals surface area (Å²) in [5.41, 5.74) is 1.66. The minimum atomic E-state index is -0.986. The maximum atomic E-state index is 13.4. The summed E-state index contributed by atoms with van der Waals surface area (Å²) in [6, 6.07) is 14.7. The lowest BCUT2D eigenvalue weighted by atomic mass is 9.45. The first-order valence-electron chi connectivity index (χ1n) is 12.1. The number of Topliss-reactive ketones (excluding diaryl/α,β-unsaturated/α-hetero) is 1. The van der Waals surface area contributed by atoms with E-state index in [-0.39, 0.29) is 34.6 Å². The Hall–Kier alpha value is -1.89. The van der Waals surface area contributed by atoms with Crippen LogP contribution in [0.5, 0.6) is 11.5 Å². The van der Waals surface area contributed by atoms with Crippen LogP contribution in [-0.2, 0) is 27.8 Å². The van der Waals surface area contributed by atoms with Crippen molar-refractivity contribution < 1.29 is 41.3 Å². The summed E-state index contributed by atoms with van der Waals surface area (Å²) in [4.78, 5) is 15.0. The number of benzene rings is 2. The van der Waals surface area contributed by atoms with Crippen LogP contribution in [0.3, 0.4) is 0 Å². The lowest BCUT2D eigenvalue weighted by molar-refractivity contribution is -0.942. The van der Waals surface area contributed by atoms with Crippen LogP contribution in [-0.4, -0.2) is 47.8 Å². The van der Waals surface area contributed by atoms with Crippen molar-refractivity contribution in [3.63, 3.8) is 0 Å². The summed E-state index contributed by atoms with van der Waals surface area (Å²) in [5, 5.41) is 10.7. The summed E-state index contributed by atoms with van der Waals surface area (Å²) in [7, 11) is 0. The minimum absolute atomic E-state index is 0. The van der Waals surface area contributed by atoms with Gasteiger partial charge < -0.3 is 36.5 Å². The van der Waals surface area contributed by atoms with Gasteiger partial charge >= 0.3 is 0 Å². The van der Waals surface area contributed by atoms with Crippen molar-refractivity contribution >= 4 is 5.78 Å². The SMILES string of the molecule is CCO[C@@]12CCC(=O)[C@]3(C)Oc4c(O)ccc5c4[C@@]31CC[NH+](CCc1ccccc1)[C@@H]2C5.[Br-]. The highest BCUT2D eigenvalue weighted by molar-refractivity contribution is 5.94. The van der Waals surface area contributed by atoms with Crippen LogP contribution >= 0.6 is 0 Å². The van der Waals surface area contributed by atoms with E-state index < -0.39 is 16.6 Å². The second-order valence-corrected chi connectivity index (χ2v) is 10.1. The minimum Gasteiger partial charge on any atom is -1.00 e. The van der Waals surface area contributed by atoms with Gasteiger partial charge in [-0.25, -0.2) is 0 Å². The molecule has 5 nitrogen and oxygen atoms in total. The first-order valence-corrected chi connectivity index (χ1v) is 12.1. The number of hydrogen-bond donors (Lipinski definition) is 2. The Labute approximate surface area is 205 Å². The summed E-state index contributed by atoms with van der Waals surface area (Å²) in [6.07, 6.45) is 3.95. The van der Waals surface area contributed by atoms with Gasteiger partial charge in [-0.2, -0.15) is 0 Å². The van der Waals surface area contributed by atoms with Gasteiger partial charge in [0, 0.05) is 37.9 Å². The highest BCUT2D eigenvalue weighted by Crippen LogP contribution is 2.67. The van der Waals surface area contributed by atoms with Crippen molar-refractivity contribution in [1.82, 2.24) is 0 Å². The first-order chi connectivity index (χ1) is 15.5. The topological polar surface area (TPSA) is 60.2 Å². The lowest BCUT2D eigenvalue weighted by Crippen LogP contribution is -3.22. The Morgan fingerprint density at radius 1 is 1.18 bits per heavy atom. The predicted octanol–water partition coefficient (Wildman–Crippen LogP) is -0.621. The van der Waals surface area contributed by atoms with Crippen LogP contribution in [0, 0.1) is 0 Å². The molecular weight excluding hydrogens is 482 g/mol. The Morgan fingerprint density at radius 3 is 2.73 bits per heavy atom. The molecular formula is C27H32BrNO4. The average molecular weight is 514 g/mol. The molecule has 2 bridgehead atoms. The Kier molecular flexibility index (Phi) is 5.42. The molecule has 1 unspecified atom stereocenters. The van der Waals surface area contributed by atoms with Crippen molar-refractivity contribution in [3.05, 3.63) is 59.2 Å². The smallest absolute Gasteiger partial charge is 0.177 e. The van der Waals surface area contributed by atoms with Gasteiger partial charge in [-0.05, 0) is 37.5 Å². The van der Waals surface area contributed by atoms with E-state index in [2.05, 4.69) is 37.3 Å². The molecule has 4 aliphatic rings. The number of carbonyl (C=O) groups excluding carboxylic acids is 1. The molecule has 2 heterocycles. The van der Waals surface area contributed by atoms with Gasteiger partial charge in [0.15, 0.2) is 22.9 Å². The van der Waals surface area contributed by atoms with Crippen LogP contribution < -0.4 is 26.6 Å². The Balaban J connectivity index is 0.00000228. The quantitative estimate of drug-likeness (QED) is 0.559. The largest absolute Gasteiger partial charge is 1.00 e. The first kappa shape index (κ1) is 22.9. The predicted molar refractivity (Wildman–Crippen MR) is 120 cm³/mol. The third-order valence-electron chi connectivity index (χ3n) is 9.03. The van der Waals surface area contributed by atoms with Crippen molar-refractivity contribution in [3.8, 4) is 11.5 Å². The molecule has 33 heavy (non-hydrogen) atoms. The van der Waals surface area contributed by atoms with Gasteiger partial charge in [0.2, 0.25) is 0 Å². The van der Waals surface area contributed by atoms with E-state index in [1.807, 2.05) is 13.0 Å². The molecule has 2 aliphatic heterocycles. The van der Waals surface area contributed by atoms with E-state index in [0.29, 0.717) is 18.8 Å². The molecule has 0 radical (unpaired) electrons. The zero-order valence-corrected chi connectivity index (χ0v) is 20.9.